The van der Waals surface area contributed by atoms with Gasteiger partial charge >= 0.3 is 0 Å². The summed E-state index contributed by atoms with van der Waals surface area (Å²) in [5.41, 5.74) is 2.89. The van der Waals surface area contributed by atoms with Gasteiger partial charge in [0, 0.05) is 36.3 Å². The molecule has 22 nitrogen and oxygen atoms in total. The fourth-order valence-corrected chi connectivity index (χ4v) is 11.5. The van der Waals surface area contributed by atoms with E-state index in [1.807, 2.05) is 90.1 Å². The summed E-state index contributed by atoms with van der Waals surface area (Å²) in [6.07, 6.45) is 5.07. The summed E-state index contributed by atoms with van der Waals surface area (Å²) in [4.78, 5) is 141. The van der Waals surface area contributed by atoms with Crippen LogP contribution >= 0.6 is 0 Å². The van der Waals surface area contributed by atoms with Gasteiger partial charge in [-0.1, -0.05) is 96.1 Å². The maximum atomic E-state index is 14.6. The highest BCUT2D eigenvalue weighted by atomic mass is 16.2. The zero-order valence-electron chi connectivity index (χ0n) is 50.2. The lowest BCUT2D eigenvalue weighted by molar-refractivity contribution is -0.144. The Labute approximate surface area is 492 Å². The quantitative estimate of drug-likeness (QED) is 0.0778. The van der Waals surface area contributed by atoms with E-state index in [9.17, 15) is 47.9 Å². The van der Waals surface area contributed by atoms with Gasteiger partial charge < -0.3 is 63.0 Å². The molecule has 4 aliphatic rings. The number of amides is 10. The van der Waals surface area contributed by atoms with Gasteiger partial charge in [-0.15, -0.1) is 0 Å². The predicted molar refractivity (Wildman–Crippen MR) is 316 cm³/mol. The number of nitrogens with one attached hydrogen (secondary N) is 10. The summed E-state index contributed by atoms with van der Waals surface area (Å²) in [5, 5.41) is 28.8. The van der Waals surface area contributed by atoms with Crippen LogP contribution in [0.15, 0.2) is 72.8 Å². The molecule has 2 unspecified atom stereocenters. The second-order valence-corrected chi connectivity index (χ2v) is 24.9. The minimum atomic E-state index is -1.01. The molecule has 0 spiro atoms. The molecule has 2 saturated heterocycles. The molecule has 84 heavy (non-hydrogen) atoms. The fourth-order valence-electron chi connectivity index (χ4n) is 11.5. The first-order chi connectivity index (χ1) is 39.8. The fraction of sp³-hybridized carbons (Fsp3) is 0.548. The highest BCUT2D eigenvalue weighted by molar-refractivity contribution is 6.02. The summed E-state index contributed by atoms with van der Waals surface area (Å²) in [5.74, 6) is -5.06. The van der Waals surface area contributed by atoms with E-state index >= 15 is 0 Å². The topological polar surface area (TPSA) is 297 Å². The smallest absolute Gasteiger partial charge is 0.251 e. The molecule has 22 heteroatoms. The summed E-state index contributed by atoms with van der Waals surface area (Å²) in [7, 11) is 3.27. The van der Waals surface area contributed by atoms with Gasteiger partial charge in [-0.3, -0.25) is 47.9 Å². The Balaban J connectivity index is 0.959. The average Bonchev–Trinajstić information content (AvgIpc) is 3.22. The first-order valence-corrected chi connectivity index (χ1v) is 29.4. The van der Waals surface area contributed by atoms with Crippen LogP contribution in [0, 0.1) is 10.8 Å². The van der Waals surface area contributed by atoms with Crippen molar-refractivity contribution in [1.29, 1.82) is 0 Å². The molecular formula is C62H86N12O10. The minimum absolute atomic E-state index is 0.0423. The molecule has 7 rings (SSSR count). The molecule has 10 atom stereocenters. The number of hydrogen-bond acceptors (Lipinski definition) is 12. The lowest BCUT2D eigenvalue weighted by atomic mass is 9.85. The summed E-state index contributed by atoms with van der Waals surface area (Å²) < 4.78 is 0. The minimum Gasteiger partial charge on any atom is -0.350 e. The number of aryl methyl sites for hydroxylation is 2. The van der Waals surface area contributed by atoms with E-state index in [4.69, 9.17) is 0 Å². The lowest BCUT2D eigenvalue weighted by Gasteiger charge is -2.36. The molecule has 10 N–H and O–H groups in total. The van der Waals surface area contributed by atoms with Crippen LogP contribution in [0.3, 0.4) is 0 Å². The van der Waals surface area contributed by atoms with Crippen molar-refractivity contribution >= 4 is 59.1 Å². The van der Waals surface area contributed by atoms with E-state index in [1.54, 1.807) is 27.9 Å². The molecule has 2 aliphatic carbocycles. The third kappa shape index (κ3) is 15.9. The zero-order valence-corrected chi connectivity index (χ0v) is 50.2. The molecular weight excluding hydrogens is 1070 g/mol. The Morgan fingerprint density at radius 1 is 0.524 bits per heavy atom. The van der Waals surface area contributed by atoms with Crippen molar-refractivity contribution in [2.45, 2.75) is 167 Å². The molecule has 2 aliphatic heterocycles. The number of carbonyl (C=O) groups is 10. The van der Waals surface area contributed by atoms with Crippen LogP contribution in [0.1, 0.15) is 149 Å². The van der Waals surface area contributed by atoms with Crippen molar-refractivity contribution in [1.82, 2.24) is 63.0 Å². The maximum absolute atomic E-state index is 14.6. The number of likely N-dealkylation sites (tertiary alicyclic amines) is 2. The van der Waals surface area contributed by atoms with Crippen LogP contribution in [0.2, 0.25) is 0 Å². The zero-order chi connectivity index (χ0) is 61.2. The van der Waals surface area contributed by atoms with Gasteiger partial charge in [-0.25, -0.2) is 0 Å². The highest BCUT2D eigenvalue weighted by Gasteiger charge is 2.48. The van der Waals surface area contributed by atoms with Gasteiger partial charge in [-0.05, 0) is 131 Å². The van der Waals surface area contributed by atoms with Crippen LogP contribution < -0.4 is 53.2 Å². The van der Waals surface area contributed by atoms with Crippen LogP contribution in [-0.2, 0) is 51.2 Å². The lowest BCUT2D eigenvalue weighted by Crippen LogP contribution is -2.59. The molecule has 0 radical (unpaired) electrons. The number of nitrogens with zero attached hydrogens (tertiary/aromatic N) is 2. The first-order valence-electron chi connectivity index (χ1n) is 29.4. The van der Waals surface area contributed by atoms with E-state index in [2.05, 4.69) is 53.2 Å². The first kappa shape index (κ1) is 63.9. The van der Waals surface area contributed by atoms with E-state index in [0.29, 0.717) is 12.8 Å². The van der Waals surface area contributed by atoms with Crippen LogP contribution in [0.5, 0.6) is 0 Å². The van der Waals surface area contributed by atoms with Crippen molar-refractivity contribution in [2.24, 2.45) is 10.8 Å². The molecule has 3 aromatic carbocycles. The van der Waals surface area contributed by atoms with Crippen molar-refractivity contribution in [3.05, 3.63) is 106 Å². The van der Waals surface area contributed by atoms with Crippen molar-refractivity contribution in [3.63, 3.8) is 0 Å². The number of rotatable bonds is 20. The number of carbonyl (C=O) groups excluding carboxylic acids is 10. The van der Waals surface area contributed by atoms with Gasteiger partial charge in [0.25, 0.3) is 11.8 Å². The summed E-state index contributed by atoms with van der Waals surface area (Å²) >= 11 is 0. The monoisotopic (exact) mass is 1160 g/mol. The van der Waals surface area contributed by atoms with Crippen molar-refractivity contribution < 1.29 is 47.9 Å². The van der Waals surface area contributed by atoms with E-state index in [-0.39, 0.29) is 61.0 Å². The molecule has 2 fully saturated rings. The average molecular weight is 1160 g/mol. The number of hydrogen-bond donors (Lipinski definition) is 10. The molecule has 0 bridgehead atoms. The van der Waals surface area contributed by atoms with Crippen molar-refractivity contribution in [3.8, 4) is 0 Å². The standard InChI is InChI=1S/C62H86N12O10/c1-35(63-9)53(77)71-51(61(3,4)5)59(83)73-33-41(29-47(73)57(81)69-45-26-16-20-37-18-11-13-24-43(37)45)67-49(75)31-65-55(79)39-22-15-23-40(28-39)56(80)66-32-50(76)68-42-30-48(58(82)70-46-27-17-21-38-19-12-14-25-44(38)46)74(34-42)60(84)52(62(6,7)8)72-54(78)36(2)64-10/h11-15,18-19,22-25,28,35-36,41-42,45-48,51-52,63-64H,16-17,20-21,26-27,29-34H2,1-10H3,(H,65,79)(H,66,80)(H,67,75)(H,68,76)(H,69,81)(H,70,82)(H,71,77)(H,72,78)/t35-,36-,41-,42-,45+,46+,47-,48?,51+,52?/m0/s1. The Hall–Kier alpha value is -7.72. The number of fused-ring (bicyclic) bond motifs is 2. The van der Waals surface area contributed by atoms with E-state index in [1.165, 1.54) is 34.1 Å². The molecule has 10 amide bonds. The molecule has 0 saturated carbocycles. The SMILES string of the molecule is CN[C@@H](C)C(=O)NC(C(=O)N1C[C@@H](NC(=O)CNC(=O)c2cccc(C(=O)NCC(=O)N[C@H]3C[C@@H](C(=O)N[C@@H]4CCCc5ccccc54)N(C(=O)[C@@H](NC(=O)[C@H](C)NC)C(C)(C)C)C3)c2)CC1C(=O)N[C@@H]1CCCc2ccccc21)C(C)(C)C. The Kier molecular flexibility index (Phi) is 21.1. The third-order valence-electron chi connectivity index (χ3n) is 16.5. The van der Waals surface area contributed by atoms with Crippen LogP contribution in [-0.4, -0.2) is 157 Å². The van der Waals surface area contributed by atoms with Crippen LogP contribution in [0.25, 0.3) is 0 Å². The van der Waals surface area contributed by atoms with Gasteiger partial charge in [0.2, 0.25) is 47.3 Å². The predicted octanol–water partition coefficient (Wildman–Crippen LogP) is 1.98. The van der Waals surface area contributed by atoms with E-state index in [0.717, 1.165) is 47.9 Å². The Bertz CT molecular complexity index is 2760. The maximum Gasteiger partial charge on any atom is 0.251 e. The van der Waals surface area contributed by atoms with Gasteiger partial charge in [0.1, 0.15) is 24.2 Å². The molecule has 3 aromatic rings. The van der Waals surface area contributed by atoms with Gasteiger partial charge in [0.15, 0.2) is 0 Å². The highest BCUT2D eigenvalue weighted by Crippen LogP contribution is 2.34. The molecule has 0 aromatic heterocycles. The van der Waals surface area contributed by atoms with Gasteiger partial charge in [-0.2, -0.15) is 0 Å². The van der Waals surface area contributed by atoms with Crippen LogP contribution in [0.4, 0.5) is 0 Å². The number of likely N-dealkylation sites (N-methyl/N-ethyl adjacent to an activating group) is 2. The third-order valence-corrected chi connectivity index (χ3v) is 16.5. The second-order valence-electron chi connectivity index (χ2n) is 24.9. The van der Waals surface area contributed by atoms with Crippen molar-refractivity contribution in [2.75, 3.05) is 40.3 Å². The van der Waals surface area contributed by atoms with E-state index < -0.39 is 120 Å². The van der Waals surface area contributed by atoms with Gasteiger partial charge in [0.05, 0.1) is 37.3 Å². The normalized spacial score (nSPS) is 21.6. The molecule has 2 heterocycles. The summed E-state index contributed by atoms with van der Waals surface area (Å²) in [6, 6.07) is 14.4. The second kappa shape index (κ2) is 27.8. The Morgan fingerprint density at radius 2 is 0.905 bits per heavy atom. The largest absolute Gasteiger partial charge is 0.350 e. The molecule has 454 valence electrons. The summed E-state index contributed by atoms with van der Waals surface area (Å²) in [6.45, 7) is 13.2. The Morgan fingerprint density at radius 3 is 1.27 bits per heavy atom. The number of benzene rings is 3.